The van der Waals surface area contributed by atoms with Crippen molar-refractivity contribution in [2.75, 3.05) is 7.11 Å². The maximum atomic E-state index is 10.5. The molecule has 3 rings (SSSR count). The Kier molecular flexibility index (Phi) is 6.15. The van der Waals surface area contributed by atoms with Crippen LogP contribution in [0.15, 0.2) is 78.9 Å². The summed E-state index contributed by atoms with van der Waals surface area (Å²) in [4.78, 5) is 2.40. The van der Waals surface area contributed by atoms with Crippen LogP contribution in [-0.4, -0.2) is 17.1 Å². The summed E-state index contributed by atoms with van der Waals surface area (Å²) < 4.78 is 5.37. The third kappa shape index (κ3) is 4.50. The number of nitrogens with zero attached hydrogens (tertiary/aromatic N) is 1. The highest BCUT2D eigenvalue weighted by molar-refractivity contribution is 5.41. The van der Waals surface area contributed by atoms with E-state index in [2.05, 4.69) is 67.3 Å². The molecule has 0 fully saturated rings. The van der Waals surface area contributed by atoms with E-state index in [-0.39, 0.29) is 12.1 Å². The van der Waals surface area contributed by atoms with Crippen molar-refractivity contribution in [3.63, 3.8) is 0 Å². The second kappa shape index (κ2) is 8.74. The Morgan fingerprint density at radius 2 is 1.48 bits per heavy atom. The highest BCUT2D eigenvalue weighted by atomic mass is 16.5. The van der Waals surface area contributed by atoms with Crippen LogP contribution >= 0.6 is 0 Å². The molecule has 0 aliphatic heterocycles. The summed E-state index contributed by atoms with van der Waals surface area (Å²) in [7, 11) is 1.65. The summed E-state index contributed by atoms with van der Waals surface area (Å²) in [6.07, 6.45) is 0. The monoisotopic (exact) mass is 361 g/mol. The predicted molar refractivity (Wildman–Crippen MR) is 110 cm³/mol. The summed E-state index contributed by atoms with van der Waals surface area (Å²) in [5, 5.41) is 10.5. The summed E-state index contributed by atoms with van der Waals surface area (Å²) in [6, 6.07) is 26.5. The van der Waals surface area contributed by atoms with Crippen LogP contribution in [0.1, 0.15) is 42.6 Å². The van der Waals surface area contributed by atoms with Gasteiger partial charge in [0.15, 0.2) is 0 Å². The van der Waals surface area contributed by atoms with Gasteiger partial charge in [-0.1, -0.05) is 60.7 Å². The minimum absolute atomic E-state index is 0.00973. The number of hydrogen-bond acceptors (Lipinski definition) is 3. The molecule has 0 heterocycles. The molecule has 0 radical (unpaired) electrons. The van der Waals surface area contributed by atoms with Crippen LogP contribution < -0.4 is 4.74 Å². The Morgan fingerprint density at radius 1 is 0.852 bits per heavy atom. The van der Waals surface area contributed by atoms with Crippen LogP contribution in [0, 0.1) is 0 Å². The molecule has 140 valence electrons. The first-order valence-corrected chi connectivity index (χ1v) is 9.31. The molecule has 0 saturated carbocycles. The number of methoxy groups -OCH3 is 1. The Hall–Kier alpha value is -2.78. The van der Waals surface area contributed by atoms with E-state index in [0.29, 0.717) is 5.75 Å². The summed E-state index contributed by atoms with van der Waals surface area (Å²) in [5.74, 6) is 1.04. The van der Waals surface area contributed by atoms with E-state index in [9.17, 15) is 5.11 Å². The first-order valence-electron chi connectivity index (χ1n) is 9.31. The zero-order chi connectivity index (χ0) is 19.2. The van der Waals surface area contributed by atoms with Gasteiger partial charge < -0.3 is 9.84 Å². The van der Waals surface area contributed by atoms with E-state index in [0.717, 1.165) is 17.9 Å². The van der Waals surface area contributed by atoms with Gasteiger partial charge in [-0.15, -0.1) is 0 Å². The van der Waals surface area contributed by atoms with Gasteiger partial charge in [-0.2, -0.15) is 0 Å². The zero-order valence-corrected chi connectivity index (χ0v) is 16.2. The van der Waals surface area contributed by atoms with E-state index in [1.54, 1.807) is 19.2 Å². The lowest BCUT2D eigenvalue weighted by Crippen LogP contribution is -2.29. The molecular formula is C24H27NO2. The van der Waals surface area contributed by atoms with Gasteiger partial charge >= 0.3 is 0 Å². The molecule has 3 aromatic carbocycles. The number of ether oxygens (including phenoxy) is 1. The van der Waals surface area contributed by atoms with Crippen molar-refractivity contribution in [2.24, 2.45) is 0 Å². The van der Waals surface area contributed by atoms with E-state index in [1.807, 2.05) is 18.2 Å². The van der Waals surface area contributed by atoms with E-state index >= 15 is 0 Å². The lowest BCUT2D eigenvalue weighted by atomic mass is 9.99. The van der Waals surface area contributed by atoms with Gasteiger partial charge in [0.1, 0.15) is 11.5 Å². The molecule has 0 unspecified atom stereocenters. The van der Waals surface area contributed by atoms with Gasteiger partial charge in [0.05, 0.1) is 7.11 Å². The molecule has 3 nitrogen and oxygen atoms in total. The van der Waals surface area contributed by atoms with Crippen LogP contribution in [0.4, 0.5) is 0 Å². The quantitative estimate of drug-likeness (QED) is 0.584. The van der Waals surface area contributed by atoms with Crippen LogP contribution in [0.5, 0.6) is 11.5 Å². The second-order valence-corrected chi connectivity index (χ2v) is 6.85. The minimum atomic E-state index is 0.00973. The van der Waals surface area contributed by atoms with Crippen molar-refractivity contribution < 1.29 is 9.84 Å². The van der Waals surface area contributed by atoms with Gasteiger partial charge in [-0.25, -0.2) is 0 Å². The lowest BCUT2D eigenvalue weighted by molar-refractivity contribution is 0.142. The summed E-state index contributed by atoms with van der Waals surface area (Å²) in [6.45, 7) is 5.14. The number of hydrogen-bond donors (Lipinski definition) is 1. The summed E-state index contributed by atoms with van der Waals surface area (Å²) >= 11 is 0. The fourth-order valence-electron chi connectivity index (χ4n) is 3.50. The molecule has 0 spiro atoms. The van der Waals surface area contributed by atoms with Gasteiger partial charge in [-0.05, 0) is 43.2 Å². The second-order valence-electron chi connectivity index (χ2n) is 6.85. The molecule has 0 aromatic heterocycles. The van der Waals surface area contributed by atoms with E-state index in [4.69, 9.17) is 4.74 Å². The van der Waals surface area contributed by atoms with E-state index in [1.165, 1.54) is 11.1 Å². The Labute approximate surface area is 161 Å². The lowest BCUT2D eigenvalue weighted by Gasteiger charge is -2.35. The van der Waals surface area contributed by atoms with Crippen LogP contribution in [0.3, 0.4) is 0 Å². The molecule has 3 heteroatoms. The molecule has 3 aromatic rings. The van der Waals surface area contributed by atoms with Gasteiger partial charge in [-0.3, -0.25) is 4.90 Å². The summed E-state index contributed by atoms with van der Waals surface area (Å²) in [5.41, 5.74) is 3.37. The molecule has 2 atom stereocenters. The molecule has 0 amide bonds. The SMILES string of the molecule is COc1ccc(O)c([C@@H](C)N(Cc2ccccc2)[C@H](C)c2ccccc2)c1. The van der Waals surface area contributed by atoms with Gasteiger partial charge in [0, 0.05) is 24.2 Å². The van der Waals surface area contributed by atoms with Crippen molar-refractivity contribution in [3.8, 4) is 11.5 Å². The molecule has 0 aliphatic rings. The molecule has 0 bridgehead atoms. The topological polar surface area (TPSA) is 32.7 Å². The molecular weight excluding hydrogens is 334 g/mol. The van der Waals surface area contributed by atoms with E-state index < -0.39 is 0 Å². The average Bonchev–Trinajstić information content (AvgIpc) is 2.73. The molecule has 1 N–H and O–H groups in total. The van der Waals surface area contributed by atoms with Crippen LogP contribution in [0.25, 0.3) is 0 Å². The highest BCUT2D eigenvalue weighted by Gasteiger charge is 2.25. The molecule has 0 aliphatic carbocycles. The molecule has 0 saturated heterocycles. The first-order chi connectivity index (χ1) is 13.1. The Morgan fingerprint density at radius 3 is 2.11 bits per heavy atom. The minimum Gasteiger partial charge on any atom is -0.508 e. The van der Waals surface area contributed by atoms with Crippen LogP contribution in [0.2, 0.25) is 0 Å². The maximum absolute atomic E-state index is 10.5. The zero-order valence-electron chi connectivity index (χ0n) is 16.2. The Bertz CT molecular complexity index is 849. The standard InChI is InChI=1S/C24H27NO2/c1-18(21-12-8-5-9-13-21)25(17-20-10-6-4-7-11-20)19(2)23-16-22(27-3)14-15-24(23)26/h4-16,18-19,26H,17H2,1-3H3/t18-,19-/m1/s1. The average molecular weight is 361 g/mol. The largest absolute Gasteiger partial charge is 0.508 e. The number of phenols is 1. The van der Waals surface area contributed by atoms with Crippen molar-refractivity contribution in [3.05, 3.63) is 95.6 Å². The normalized spacial score (nSPS) is 13.3. The van der Waals surface area contributed by atoms with Crippen molar-refractivity contribution in [1.82, 2.24) is 4.90 Å². The fraction of sp³-hybridized carbons (Fsp3) is 0.250. The first kappa shape index (κ1) is 19.0. The van der Waals surface area contributed by atoms with Crippen molar-refractivity contribution >= 4 is 0 Å². The predicted octanol–water partition coefficient (Wildman–Crippen LogP) is 5.73. The maximum Gasteiger partial charge on any atom is 0.120 e. The number of aromatic hydroxyl groups is 1. The third-order valence-corrected chi connectivity index (χ3v) is 5.17. The van der Waals surface area contributed by atoms with Gasteiger partial charge in [0.25, 0.3) is 0 Å². The van der Waals surface area contributed by atoms with Crippen molar-refractivity contribution in [2.45, 2.75) is 32.5 Å². The van der Waals surface area contributed by atoms with Gasteiger partial charge in [0.2, 0.25) is 0 Å². The molecule has 27 heavy (non-hydrogen) atoms. The highest BCUT2D eigenvalue weighted by Crippen LogP contribution is 2.37. The van der Waals surface area contributed by atoms with Crippen molar-refractivity contribution in [1.29, 1.82) is 0 Å². The number of rotatable bonds is 7. The number of phenolic OH excluding ortho intramolecular Hbond substituents is 1. The fourth-order valence-corrected chi connectivity index (χ4v) is 3.50. The van der Waals surface area contributed by atoms with Crippen LogP contribution in [-0.2, 0) is 6.54 Å². The smallest absolute Gasteiger partial charge is 0.120 e. The Balaban J connectivity index is 1.98. The third-order valence-electron chi connectivity index (χ3n) is 5.17. The number of benzene rings is 3.